The number of allylic oxidation sites excluding steroid dienone is 13. The zero-order valence-corrected chi connectivity index (χ0v) is 41.9. The minimum Gasteiger partial charge on any atom is -0.394 e. The Hall–Kier alpha value is -2.63. The van der Waals surface area contributed by atoms with Crippen LogP contribution in [0.4, 0.5) is 0 Å². The van der Waals surface area contributed by atoms with Crippen LogP contribution in [0.15, 0.2) is 85.1 Å². The van der Waals surface area contributed by atoms with E-state index in [2.05, 4.69) is 92.1 Å². The van der Waals surface area contributed by atoms with Gasteiger partial charge >= 0.3 is 0 Å². The number of ether oxygens (including phenoxy) is 2. The zero-order valence-electron chi connectivity index (χ0n) is 41.9. The number of aliphatic hydroxyl groups is 5. The summed E-state index contributed by atoms with van der Waals surface area (Å²) in [5.41, 5.74) is 0. The van der Waals surface area contributed by atoms with Crippen LogP contribution in [0.3, 0.4) is 0 Å². The Balaban J connectivity index is 2.32. The van der Waals surface area contributed by atoms with Gasteiger partial charge in [0.25, 0.3) is 0 Å². The Labute approximate surface area is 403 Å². The summed E-state index contributed by atoms with van der Waals surface area (Å²) in [6, 6.07) is -0.833. The van der Waals surface area contributed by atoms with Crippen LogP contribution < -0.4 is 5.32 Å². The lowest BCUT2D eigenvalue weighted by Crippen LogP contribution is -2.60. The number of hydrogen-bond donors (Lipinski definition) is 6. The van der Waals surface area contributed by atoms with Crippen LogP contribution in [0.5, 0.6) is 0 Å². The predicted octanol–water partition coefficient (Wildman–Crippen LogP) is 12.7. The van der Waals surface area contributed by atoms with E-state index in [0.29, 0.717) is 6.42 Å². The molecule has 0 aliphatic carbocycles. The van der Waals surface area contributed by atoms with E-state index in [1.54, 1.807) is 6.08 Å². The Morgan fingerprint density at radius 2 is 0.955 bits per heavy atom. The molecule has 0 aromatic carbocycles. The second-order valence-corrected chi connectivity index (χ2v) is 18.3. The maximum Gasteiger partial charge on any atom is 0.220 e. The zero-order chi connectivity index (χ0) is 48.0. The fourth-order valence-electron chi connectivity index (χ4n) is 7.96. The van der Waals surface area contributed by atoms with E-state index in [1.165, 1.54) is 109 Å². The highest BCUT2D eigenvalue weighted by Crippen LogP contribution is 2.23. The predicted molar refractivity (Wildman–Crippen MR) is 276 cm³/mol. The van der Waals surface area contributed by atoms with Crippen molar-refractivity contribution in [3.63, 3.8) is 0 Å². The lowest BCUT2D eigenvalue weighted by molar-refractivity contribution is -0.302. The highest BCUT2D eigenvalue weighted by molar-refractivity contribution is 5.76. The average Bonchev–Trinajstić information content (AvgIpc) is 3.32. The van der Waals surface area contributed by atoms with Crippen molar-refractivity contribution < 1.29 is 39.8 Å². The number of hydrogen-bond acceptors (Lipinski definition) is 8. The summed E-state index contributed by atoms with van der Waals surface area (Å²) in [7, 11) is 0. The van der Waals surface area contributed by atoms with Crippen molar-refractivity contribution in [1.29, 1.82) is 0 Å². The molecule has 0 saturated carbocycles. The van der Waals surface area contributed by atoms with Gasteiger partial charge < -0.3 is 40.3 Å². The molecule has 1 aliphatic rings. The standard InChI is InChI=1S/C57H99NO8/c1-3-5-7-9-11-13-15-17-19-21-23-25-26-27-29-31-33-35-37-39-41-43-45-47-53(61)58-50(49-65-57-56(64)55(63)54(62)52(48-59)66-57)51(60)46-44-42-40-38-36-34-32-30-28-24-22-20-18-16-14-12-10-8-6-4-2/h5,7,11,13,17,19,23,25,27,29,36,38,44,46,50-52,54-57,59-60,62-64H,3-4,6,8-10,12,14-16,18,20-22,24,26,28,30-35,37,39-43,45,47-49H2,1-2H3,(H,58,61)/b7-5-,13-11-,19-17-,25-23-,29-27-,38-36+,46-44+. The van der Waals surface area contributed by atoms with Gasteiger partial charge in [-0.3, -0.25) is 4.79 Å². The van der Waals surface area contributed by atoms with Gasteiger partial charge in [-0.25, -0.2) is 0 Å². The molecule has 0 aromatic rings. The quantitative estimate of drug-likeness (QED) is 0.0261. The average molecular weight is 926 g/mol. The number of rotatable bonds is 44. The second-order valence-electron chi connectivity index (χ2n) is 18.3. The summed E-state index contributed by atoms with van der Waals surface area (Å²) in [6.07, 6.45) is 57.7. The summed E-state index contributed by atoms with van der Waals surface area (Å²) < 4.78 is 11.2. The van der Waals surface area contributed by atoms with Crippen molar-refractivity contribution in [1.82, 2.24) is 5.32 Å². The van der Waals surface area contributed by atoms with Crippen LogP contribution in [-0.2, 0) is 14.3 Å². The second kappa shape index (κ2) is 46.1. The molecular weight excluding hydrogens is 827 g/mol. The minimum atomic E-state index is -1.58. The highest BCUT2D eigenvalue weighted by Gasteiger charge is 2.44. The molecule has 9 heteroatoms. The largest absolute Gasteiger partial charge is 0.394 e. The van der Waals surface area contributed by atoms with Crippen molar-refractivity contribution in [2.24, 2.45) is 0 Å². The van der Waals surface area contributed by atoms with Gasteiger partial charge in [0.15, 0.2) is 6.29 Å². The smallest absolute Gasteiger partial charge is 0.220 e. The van der Waals surface area contributed by atoms with E-state index < -0.39 is 49.5 Å². The third kappa shape index (κ3) is 35.5. The molecule has 7 unspecified atom stereocenters. The van der Waals surface area contributed by atoms with Crippen molar-refractivity contribution in [2.45, 2.75) is 256 Å². The summed E-state index contributed by atoms with van der Waals surface area (Å²) in [6.45, 7) is 3.64. The number of amides is 1. The molecule has 1 rings (SSSR count). The Morgan fingerprint density at radius 1 is 0.530 bits per heavy atom. The van der Waals surface area contributed by atoms with E-state index in [1.807, 2.05) is 6.08 Å². The number of carbonyl (C=O) groups is 1. The monoisotopic (exact) mass is 926 g/mol. The van der Waals surface area contributed by atoms with Gasteiger partial charge in [-0.1, -0.05) is 214 Å². The fourth-order valence-corrected chi connectivity index (χ4v) is 7.96. The van der Waals surface area contributed by atoms with Gasteiger partial charge in [0.1, 0.15) is 24.4 Å². The van der Waals surface area contributed by atoms with Gasteiger partial charge in [0.05, 0.1) is 25.4 Å². The van der Waals surface area contributed by atoms with Crippen molar-refractivity contribution in [3.8, 4) is 0 Å². The van der Waals surface area contributed by atoms with Gasteiger partial charge in [-0.05, 0) is 77.0 Å². The Kier molecular flexibility index (Phi) is 42.9. The van der Waals surface area contributed by atoms with Gasteiger partial charge in [0.2, 0.25) is 5.91 Å². The van der Waals surface area contributed by atoms with Crippen LogP contribution in [-0.4, -0.2) is 87.5 Å². The van der Waals surface area contributed by atoms with Gasteiger partial charge in [-0.15, -0.1) is 0 Å². The van der Waals surface area contributed by atoms with Crippen molar-refractivity contribution in [2.75, 3.05) is 13.2 Å². The molecule has 1 heterocycles. The van der Waals surface area contributed by atoms with E-state index in [9.17, 15) is 30.3 Å². The summed E-state index contributed by atoms with van der Waals surface area (Å²) >= 11 is 0. The molecule has 1 saturated heterocycles. The van der Waals surface area contributed by atoms with Crippen LogP contribution in [0.25, 0.3) is 0 Å². The molecule has 0 aromatic heterocycles. The van der Waals surface area contributed by atoms with Crippen molar-refractivity contribution >= 4 is 5.91 Å². The number of nitrogens with one attached hydrogen (secondary N) is 1. The third-order valence-corrected chi connectivity index (χ3v) is 12.2. The van der Waals surface area contributed by atoms with E-state index >= 15 is 0 Å². The lowest BCUT2D eigenvalue weighted by Gasteiger charge is -2.40. The van der Waals surface area contributed by atoms with Crippen LogP contribution in [0.1, 0.15) is 213 Å². The number of unbranched alkanes of at least 4 members (excludes halogenated alkanes) is 22. The molecule has 0 radical (unpaired) electrons. The van der Waals surface area contributed by atoms with Crippen LogP contribution in [0, 0.1) is 0 Å². The van der Waals surface area contributed by atoms with Crippen LogP contribution in [0.2, 0.25) is 0 Å². The maximum absolute atomic E-state index is 13.0. The molecule has 1 aliphatic heterocycles. The molecular formula is C57H99NO8. The van der Waals surface area contributed by atoms with Crippen molar-refractivity contribution in [3.05, 3.63) is 85.1 Å². The fraction of sp³-hybridized carbons (Fsp3) is 0.737. The topological polar surface area (TPSA) is 149 Å². The molecule has 1 amide bonds. The molecule has 9 nitrogen and oxygen atoms in total. The summed E-state index contributed by atoms with van der Waals surface area (Å²) in [4.78, 5) is 13.0. The molecule has 66 heavy (non-hydrogen) atoms. The highest BCUT2D eigenvalue weighted by atomic mass is 16.7. The molecule has 380 valence electrons. The molecule has 7 atom stereocenters. The number of carbonyl (C=O) groups excluding carboxylic acids is 1. The molecule has 6 N–H and O–H groups in total. The SMILES string of the molecule is CC/C=C\C/C=C\C/C=C\C/C=C\C/C=C\CCCCCCCCCC(=O)NC(COC1OC(CO)C(O)C(O)C1O)C(O)/C=C/CC/C=C/CCCCCCCCCCCCCCCC. The Bertz CT molecular complexity index is 1300. The number of aliphatic hydroxyl groups excluding tert-OH is 5. The first-order valence-corrected chi connectivity index (χ1v) is 26.8. The van der Waals surface area contributed by atoms with E-state index in [-0.39, 0.29) is 12.5 Å². The lowest BCUT2D eigenvalue weighted by atomic mass is 9.99. The first kappa shape index (κ1) is 61.4. The van der Waals surface area contributed by atoms with Gasteiger partial charge in [-0.2, -0.15) is 0 Å². The summed E-state index contributed by atoms with van der Waals surface area (Å²) in [5.74, 6) is -0.201. The minimum absolute atomic E-state index is 0.201. The third-order valence-electron chi connectivity index (χ3n) is 12.2. The first-order valence-electron chi connectivity index (χ1n) is 26.8. The summed E-state index contributed by atoms with van der Waals surface area (Å²) in [5, 5.41) is 54.4. The first-order chi connectivity index (χ1) is 32.3. The maximum atomic E-state index is 13.0. The normalized spacial score (nSPS) is 20.5. The van der Waals surface area contributed by atoms with E-state index in [4.69, 9.17) is 9.47 Å². The molecule has 0 bridgehead atoms. The molecule has 1 fully saturated rings. The van der Waals surface area contributed by atoms with Crippen LogP contribution >= 0.6 is 0 Å². The Morgan fingerprint density at radius 3 is 1.45 bits per heavy atom. The van der Waals surface area contributed by atoms with Gasteiger partial charge in [0, 0.05) is 6.42 Å². The van der Waals surface area contributed by atoms with E-state index in [0.717, 1.165) is 83.5 Å². The molecule has 0 spiro atoms.